The zero-order valence-corrected chi connectivity index (χ0v) is 14.1. The number of hydrogen-bond donors (Lipinski definition) is 2. The molecule has 0 saturated carbocycles. The molecule has 2 N–H and O–H groups in total. The van der Waals surface area contributed by atoms with Crippen molar-refractivity contribution in [3.05, 3.63) is 77.9 Å². The van der Waals surface area contributed by atoms with Crippen molar-refractivity contribution in [3.8, 4) is 16.9 Å². The quantitative estimate of drug-likeness (QED) is 0.527. The Morgan fingerprint density at radius 3 is 2.28 bits per heavy atom. The minimum absolute atomic E-state index is 0.145. The number of ether oxygens (including phenoxy) is 1. The van der Waals surface area contributed by atoms with E-state index in [9.17, 15) is 9.90 Å². The summed E-state index contributed by atoms with van der Waals surface area (Å²) in [5.74, 6) is -0.248. The normalized spacial score (nSPS) is 10.3. The lowest BCUT2D eigenvalue weighted by Crippen LogP contribution is -2.06. The van der Waals surface area contributed by atoms with E-state index >= 15 is 0 Å². The molecule has 3 rings (SSSR count). The van der Waals surface area contributed by atoms with Crippen LogP contribution < -0.4 is 5.32 Å². The molecule has 0 aromatic heterocycles. The fraction of sp³-hybridized carbons (Fsp3) is 0.0952. The third-order valence-electron chi connectivity index (χ3n) is 4.09. The van der Waals surface area contributed by atoms with Gasteiger partial charge in [-0.3, -0.25) is 0 Å². The van der Waals surface area contributed by atoms with Crippen molar-refractivity contribution in [1.82, 2.24) is 0 Å². The van der Waals surface area contributed by atoms with Gasteiger partial charge in [-0.2, -0.15) is 0 Å². The molecule has 0 bridgehead atoms. The van der Waals surface area contributed by atoms with Crippen molar-refractivity contribution in [1.29, 1.82) is 0 Å². The number of phenolic OH excluding ortho intramolecular Hbond substituents is 1. The number of esters is 1. The monoisotopic (exact) mass is 333 g/mol. The lowest BCUT2D eigenvalue weighted by atomic mass is 9.97. The van der Waals surface area contributed by atoms with Crippen molar-refractivity contribution >= 4 is 17.3 Å². The van der Waals surface area contributed by atoms with E-state index in [0.717, 1.165) is 22.4 Å². The molecule has 3 aromatic rings. The van der Waals surface area contributed by atoms with Gasteiger partial charge in [-0.05, 0) is 47.9 Å². The number of aromatic hydroxyl groups is 1. The minimum Gasteiger partial charge on any atom is -0.506 e. The standard InChI is InChI=1S/C21H19NO3/c1-14-17(21(24)25-2)12-16(15-8-4-3-5-9-15)13-19(14)22-18-10-6-7-11-20(18)23/h3-13,22-23H,1-2H3. The van der Waals surface area contributed by atoms with E-state index in [1.807, 2.05) is 55.5 Å². The second kappa shape index (κ2) is 7.09. The first-order chi connectivity index (χ1) is 12.1. The maximum absolute atomic E-state index is 12.2. The molecule has 0 aliphatic heterocycles. The average Bonchev–Trinajstić information content (AvgIpc) is 2.65. The molecule has 0 aliphatic carbocycles. The Morgan fingerprint density at radius 2 is 1.60 bits per heavy atom. The van der Waals surface area contributed by atoms with Crippen LogP contribution in [0.4, 0.5) is 11.4 Å². The summed E-state index contributed by atoms with van der Waals surface area (Å²) in [7, 11) is 1.37. The van der Waals surface area contributed by atoms with Crippen LogP contribution in [0.25, 0.3) is 11.1 Å². The number of rotatable bonds is 4. The van der Waals surface area contributed by atoms with E-state index in [-0.39, 0.29) is 5.75 Å². The molecule has 0 unspecified atom stereocenters. The summed E-state index contributed by atoms with van der Waals surface area (Å²) >= 11 is 0. The van der Waals surface area contributed by atoms with Crippen LogP contribution in [0.5, 0.6) is 5.75 Å². The molecule has 4 heteroatoms. The Hall–Kier alpha value is -3.27. The lowest BCUT2D eigenvalue weighted by molar-refractivity contribution is 0.0600. The Balaban J connectivity index is 2.13. The number of nitrogens with one attached hydrogen (secondary N) is 1. The number of methoxy groups -OCH3 is 1. The van der Waals surface area contributed by atoms with Crippen LogP contribution in [-0.4, -0.2) is 18.2 Å². The van der Waals surface area contributed by atoms with Gasteiger partial charge in [-0.25, -0.2) is 4.79 Å². The molecule has 0 saturated heterocycles. The van der Waals surface area contributed by atoms with Gasteiger partial charge in [0.25, 0.3) is 0 Å². The lowest BCUT2D eigenvalue weighted by Gasteiger charge is -2.16. The number of anilines is 2. The highest BCUT2D eigenvalue weighted by Gasteiger charge is 2.16. The molecular formula is C21H19NO3. The van der Waals surface area contributed by atoms with Crippen molar-refractivity contribution < 1.29 is 14.6 Å². The number of phenols is 1. The highest BCUT2D eigenvalue weighted by Crippen LogP contribution is 2.33. The van der Waals surface area contributed by atoms with Gasteiger partial charge in [0.2, 0.25) is 0 Å². The van der Waals surface area contributed by atoms with Crippen LogP contribution in [0.15, 0.2) is 66.7 Å². The second-order valence-corrected chi connectivity index (χ2v) is 5.70. The van der Waals surface area contributed by atoms with Gasteiger partial charge >= 0.3 is 5.97 Å². The number of carbonyl (C=O) groups is 1. The van der Waals surface area contributed by atoms with E-state index in [2.05, 4.69) is 5.32 Å². The summed E-state index contributed by atoms with van der Waals surface area (Å²) in [5.41, 5.74) is 4.45. The first kappa shape index (κ1) is 16.6. The molecule has 0 atom stereocenters. The molecule has 0 amide bonds. The molecule has 0 aliphatic rings. The van der Waals surface area contributed by atoms with Crippen LogP contribution >= 0.6 is 0 Å². The highest BCUT2D eigenvalue weighted by atomic mass is 16.5. The molecular weight excluding hydrogens is 314 g/mol. The summed E-state index contributed by atoms with van der Waals surface area (Å²) in [6.45, 7) is 1.85. The van der Waals surface area contributed by atoms with E-state index in [0.29, 0.717) is 11.3 Å². The van der Waals surface area contributed by atoms with Crippen molar-refractivity contribution in [2.24, 2.45) is 0 Å². The zero-order valence-electron chi connectivity index (χ0n) is 14.1. The van der Waals surface area contributed by atoms with Crippen LogP contribution in [0.2, 0.25) is 0 Å². The van der Waals surface area contributed by atoms with Gasteiger partial charge in [-0.15, -0.1) is 0 Å². The van der Waals surface area contributed by atoms with Crippen molar-refractivity contribution in [2.75, 3.05) is 12.4 Å². The summed E-state index contributed by atoms with van der Waals surface area (Å²) < 4.78 is 4.92. The summed E-state index contributed by atoms with van der Waals surface area (Å²) in [5, 5.41) is 13.2. The molecule has 0 fully saturated rings. The first-order valence-corrected chi connectivity index (χ1v) is 7.93. The number of benzene rings is 3. The third-order valence-corrected chi connectivity index (χ3v) is 4.09. The molecule has 4 nitrogen and oxygen atoms in total. The Morgan fingerprint density at radius 1 is 0.920 bits per heavy atom. The molecule has 0 heterocycles. The molecule has 0 radical (unpaired) electrons. The van der Waals surface area contributed by atoms with E-state index in [1.165, 1.54) is 7.11 Å². The third kappa shape index (κ3) is 3.48. The number of para-hydroxylation sites is 2. The second-order valence-electron chi connectivity index (χ2n) is 5.70. The maximum atomic E-state index is 12.2. The fourth-order valence-corrected chi connectivity index (χ4v) is 2.69. The van der Waals surface area contributed by atoms with Crippen LogP contribution in [0.1, 0.15) is 15.9 Å². The van der Waals surface area contributed by atoms with Crippen LogP contribution in [-0.2, 0) is 4.74 Å². The van der Waals surface area contributed by atoms with E-state index in [1.54, 1.807) is 18.2 Å². The predicted molar refractivity (Wildman–Crippen MR) is 99.3 cm³/mol. The SMILES string of the molecule is COC(=O)c1cc(-c2ccccc2)cc(Nc2ccccc2O)c1C. The largest absolute Gasteiger partial charge is 0.506 e. The predicted octanol–water partition coefficient (Wildman–Crippen LogP) is 4.90. The first-order valence-electron chi connectivity index (χ1n) is 7.93. The Labute approximate surface area is 146 Å². The number of hydrogen-bond acceptors (Lipinski definition) is 4. The Bertz CT molecular complexity index is 904. The van der Waals surface area contributed by atoms with E-state index < -0.39 is 5.97 Å². The summed E-state index contributed by atoms with van der Waals surface area (Å²) in [6.07, 6.45) is 0. The molecule has 25 heavy (non-hydrogen) atoms. The van der Waals surface area contributed by atoms with Gasteiger partial charge in [0, 0.05) is 5.69 Å². The minimum atomic E-state index is -0.393. The smallest absolute Gasteiger partial charge is 0.338 e. The topological polar surface area (TPSA) is 58.6 Å². The Kier molecular flexibility index (Phi) is 4.70. The fourth-order valence-electron chi connectivity index (χ4n) is 2.69. The van der Waals surface area contributed by atoms with E-state index in [4.69, 9.17) is 4.74 Å². The van der Waals surface area contributed by atoms with Crippen LogP contribution in [0.3, 0.4) is 0 Å². The maximum Gasteiger partial charge on any atom is 0.338 e. The van der Waals surface area contributed by atoms with Crippen molar-refractivity contribution in [2.45, 2.75) is 6.92 Å². The zero-order chi connectivity index (χ0) is 17.8. The highest BCUT2D eigenvalue weighted by molar-refractivity contribution is 5.95. The van der Waals surface area contributed by atoms with Crippen LogP contribution in [0, 0.1) is 6.92 Å². The molecule has 0 spiro atoms. The van der Waals surface area contributed by atoms with Gasteiger partial charge < -0.3 is 15.2 Å². The van der Waals surface area contributed by atoms with Crippen molar-refractivity contribution in [3.63, 3.8) is 0 Å². The molecule has 126 valence electrons. The van der Waals surface area contributed by atoms with Gasteiger partial charge in [0.1, 0.15) is 5.75 Å². The average molecular weight is 333 g/mol. The summed E-state index contributed by atoms with van der Waals surface area (Å²) in [6, 6.07) is 20.6. The summed E-state index contributed by atoms with van der Waals surface area (Å²) in [4.78, 5) is 12.2. The number of carbonyl (C=O) groups excluding carboxylic acids is 1. The van der Waals surface area contributed by atoms with Gasteiger partial charge in [-0.1, -0.05) is 42.5 Å². The molecule has 3 aromatic carbocycles. The van der Waals surface area contributed by atoms with Gasteiger partial charge in [0.15, 0.2) is 0 Å². The van der Waals surface area contributed by atoms with Gasteiger partial charge in [0.05, 0.1) is 18.4 Å².